The molecule has 5 nitrogen and oxygen atoms in total. The van der Waals surface area contributed by atoms with E-state index in [4.69, 9.17) is 5.11 Å². The minimum atomic E-state index is -3.48. The number of rotatable bonds is 7. The van der Waals surface area contributed by atoms with Crippen molar-refractivity contribution in [3.63, 3.8) is 0 Å². The standard InChI is InChI=1S/C16H23NO4S/c1-11-13(15(18)19)5-4-6-14(11)17-22(20,21)10-9-16(2,3)12-7-8-12/h4-6,12,17H,7-10H2,1-3H3,(H,18,19). The molecule has 1 fully saturated rings. The third-order valence-electron chi connectivity index (χ3n) is 4.53. The van der Waals surface area contributed by atoms with Gasteiger partial charge in [0.15, 0.2) is 0 Å². The average Bonchev–Trinajstić information content (AvgIpc) is 3.23. The van der Waals surface area contributed by atoms with E-state index in [1.165, 1.54) is 18.9 Å². The van der Waals surface area contributed by atoms with Crippen molar-refractivity contribution in [2.45, 2.75) is 40.0 Å². The van der Waals surface area contributed by atoms with Crippen molar-refractivity contribution in [2.24, 2.45) is 11.3 Å². The molecule has 2 N–H and O–H groups in total. The molecule has 0 atom stereocenters. The molecule has 0 unspecified atom stereocenters. The van der Waals surface area contributed by atoms with Crippen LogP contribution in [0.3, 0.4) is 0 Å². The Morgan fingerprint density at radius 3 is 2.55 bits per heavy atom. The molecule has 0 aliphatic heterocycles. The second kappa shape index (κ2) is 5.91. The summed E-state index contributed by atoms with van der Waals surface area (Å²) in [6.45, 7) is 5.82. The molecule has 0 radical (unpaired) electrons. The molecule has 122 valence electrons. The minimum Gasteiger partial charge on any atom is -0.478 e. The van der Waals surface area contributed by atoms with Gasteiger partial charge in [-0.2, -0.15) is 0 Å². The van der Waals surface area contributed by atoms with E-state index >= 15 is 0 Å². The van der Waals surface area contributed by atoms with Crippen LogP contribution in [0.2, 0.25) is 0 Å². The molecule has 1 saturated carbocycles. The topological polar surface area (TPSA) is 83.5 Å². The van der Waals surface area contributed by atoms with Crippen molar-refractivity contribution < 1.29 is 18.3 Å². The summed E-state index contributed by atoms with van der Waals surface area (Å²) in [5.74, 6) is -0.388. The molecule has 0 amide bonds. The largest absolute Gasteiger partial charge is 0.478 e. The predicted molar refractivity (Wildman–Crippen MR) is 86.7 cm³/mol. The third-order valence-corrected chi connectivity index (χ3v) is 5.80. The number of sulfonamides is 1. The summed E-state index contributed by atoms with van der Waals surface area (Å²) in [5, 5.41) is 9.09. The highest BCUT2D eigenvalue weighted by Gasteiger charge is 2.38. The van der Waals surface area contributed by atoms with Gasteiger partial charge in [0.05, 0.1) is 17.0 Å². The van der Waals surface area contributed by atoms with Crippen molar-refractivity contribution in [1.82, 2.24) is 0 Å². The Balaban J connectivity index is 2.09. The van der Waals surface area contributed by atoms with Crippen LogP contribution in [0.15, 0.2) is 18.2 Å². The van der Waals surface area contributed by atoms with Crippen LogP contribution >= 0.6 is 0 Å². The van der Waals surface area contributed by atoms with E-state index in [2.05, 4.69) is 18.6 Å². The summed E-state index contributed by atoms with van der Waals surface area (Å²) < 4.78 is 27.1. The fourth-order valence-electron chi connectivity index (χ4n) is 2.66. The van der Waals surface area contributed by atoms with E-state index in [-0.39, 0.29) is 16.7 Å². The van der Waals surface area contributed by atoms with Gasteiger partial charge >= 0.3 is 5.97 Å². The third kappa shape index (κ3) is 4.00. The van der Waals surface area contributed by atoms with Crippen LogP contribution in [0.1, 0.15) is 49.0 Å². The monoisotopic (exact) mass is 325 g/mol. The lowest BCUT2D eigenvalue weighted by atomic mass is 9.85. The zero-order valence-electron chi connectivity index (χ0n) is 13.2. The molecule has 6 heteroatoms. The van der Waals surface area contributed by atoms with Crippen LogP contribution in [-0.4, -0.2) is 25.2 Å². The van der Waals surface area contributed by atoms with Crippen LogP contribution in [-0.2, 0) is 10.0 Å². The first-order valence-corrected chi connectivity index (χ1v) is 9.11. The van der Waals surface area contributed by atoms with Gasteiger partial charge in [0.25, 0.3) is 0 Å². The molecule has 1 aliphatic rings. The second-order valence-electron chi connectivity index (χ2n) is 6.72. The molecule has 0 bridgehead atoms. The molecule has 0 aromatic heterocycles. The van der Waals surface area contributed by atoms with E-state index in [0.29, 0.717) is 23.6 Å². The molecule has 1 aromatic carbocycles. The molecule has 0 spiro atoms. The number of carboxylic acids is 1. The Bertz CT molecular complexity index is 675. The highest BCUT2D eigenvalue weighted by atomic mass is 32.2. The number of nitrogens with one attached hydrogen (secondary N) is 1. The Labute approximate surface area is 131 Å². The Kier molecular flexibility index (Phi) is 4.52. The molecule has 2 rings (SSSR count). The number of hydrogen-bond acceptors (Lipinski definition) is 3. The number of carbonyl (C=O) groups is 1. The van der Waals surface area contributed by atoms with Crippen LogP contribution in [0.4, 0.5) is 5.69 Å². The maximum absolute atomic E-state index is 12.3. The molecular formula is C16H23NO4S. The quantitative estimate of drug-likeness (QED) is 0.806. The maximum atomic E-state index is 12.3. The molecule has 0 heterocycles. The van der Waals surface area contributed by atoms with E-state index in [9.17, 15) is 13.2 Å². The fourth-order valence-corrected chi connectivity index (χ4v) is 4.12. The molecule has 22 heavy (non-hydrogen) atoms. The van der Waals surface area contributed by atoms with E-state index < -0.39 is 16.0 Å². The first-order valence-electron chi connectivity index (χ1n) is 7.46. The number of aromatic carboxylic acids is 1. The van der Waals surface area contributed by atoms with Gasteiger partial charge < -0.3 is 5.11 Å². The van der Waals surface area contributed by atoms with Gasteiger partial charge in [-0.05, 0) is 55.2 Å². The van der Waals surface area contributed by atoms with E-state index in [0.717, 1.165) is 0 Å². The number of carboxylic acid groups (broad SMARTS) is 1. The lowest BCUT2D eigenvalue weighted by Gasteiger charge is -2.24. The molecule has 1 aromatic rings. The summed E-state index contributed by atoms with van der Waals surface area (Å²) >= 11 is 0. The van der Waals surface area contributed by atoms with Crippen LogP contribution < -0.4 is 4.72 Å². The van der Waals surface area contributed by atoms with Gasteiger partial charge in [-0.3, -0.25) is 4.72 Å². The van der Waals surface area contributed by atoms with Crippen molar-refractivity contribution in [1.29, 1.82) is 0 Å². The molecular weight excluding hydrogens is 302 g/mol. The Morgan fingerprint density at radius 1 is 1.36 bits per heavy atom. The second-order valence-corrected chi connectivity index (χ2v) is 8.56. The maximum Gasteiger partial charge on any atom is 0.336 e. The summed E-state index contributed by atoms with van der Waals surface area (Å²) in [7, 11) is -3.48. The summed E-state index contributed by atoms with van der Waals surface area (Å²) in [6.07, 6.45) is 2.96. The Morgan fingerprint density at radius 2 is 2.00 bits per heavy atom. The first kappa shape index (κ1) is 16.8. The van der Waals surface area contributed by atoms with Gasteiger partial charge in [0.1, 0.15) is 0 Å². The van der Waals surface area contributed by atoms with Crippen molar-refractivity contribution >= 4 is 21.7 Å². The van der Waals surface area contributed by atoms with Crippen molar-refractivity contribution in [3.8, 4) is 0 Å². The normalized spacial score (nSPS) is 15.6. The van der Waals surface area contributed by atoms with Gasteiger partial charge in [-0.15, -0.1) is 0 Å². The van der Waals surface area contributed by atoms with Gasteiger partial charge in [-0.1, -0.05) is 19.9 Å². The number of hydrogen-bond donors (Lipinski definition) is 2. The highest BCUT2D eigenvalue weighted by Crippen LogP contribution is 2.47. The van der Waals surface area contributed by atoms with Gasteiger partial charge in [0.2, 0.25) is 10.0 Å². The van der Waals surface area contributed by atoms with Gasteiger partial charge in [0, 0.05) is 0 Å². The molecule has 1 aliphatic carbocycles. The lowest BCUT2D eigenvalue weighted by molar-refractivity contribution is 0.0696. The summed E-state index contributed by atoms with van der Waals surface area (Å²) in [4.78, 5) is 11.1. The van der Waals surface area contributed by atoms with Crippen molar-refractivity contribution in [2.75, 3.05) is 10.5 Å². The number of benzene rings is 1. The van der Waals surface area contributed by atoms with E-state index in [1.54, 1.807) is 19.1 Å². The van der Waals surface area contributed by atoms with Crippen LogP contribution in [0.25, 0.3) is 0 Å². The van der Waals surface area contributed by atoms with Crippen molar-refractivity contribution in [3.05, 3.63) is 29.3 Å². The molecule has 0 saturated heterocycles. The van der Waals surface area contributed by atoms with Crippen LogP contribution in [0.5, 0.6) is 0 Å². The van der Waals surface area contributed by atoms with Crippen LogP contribution in [0, 0.1) is 18.3 Å². The fraction of sp³-hybridized carbons (Fsp3) is 0.562. The van der Waals surface area contributed by atoms with Gasteiger partial charge in [-0.25, -0.2) is 13.2 Å². The SMILES string of the molecule is Cc1c(NS(=O)(=O)CCC(C)(C)C2CC2)cccc1C(=O)O. The lowest BCUT2D eigenvalue weighted by Crippen LogP contribution is -2.24. The van der Waals surface area contributed by atoms with E-state index in [1.807, 2.05) is 0 Å². The zero-order valence-corrected chi connectivity index (χ0v) is 14.0. The zero-order chi connectivity index (χ0) is 16.5. The highest BCUT2D eigenvalue weighted by molar-refractivity contribution is 7.92. The average molecular weight is 325 g/mol. The smallest absolute Gasteiger partial charge is 0.336 e. The Hall–Kier alpha value is -1.56. The first-order chi connectivity index (χ1) is 10.1. The number of anilines is 1. The minimum absolute atomic E-state index is 0.0344. The summed E-state index contributed by atoms with van der Waals surface area (Å²) in [6, 6.07) is 4.60. The predicted octanol–water partition coefficient (Wildman–Crippen LogP) is 3.26. The summed E-state index contributed by atoms with van der Waals surface area (Å²) in [5.41, 5.74) is 0.912.